The van der Waals surface area contributed by atoms with E-state index in [-0.39, 0.29) is 10.8 Å². The Morgan fingerprint density at radius 2 is 1.54 bits per heavy atom. The lowest BCUT2D eigenvalue weighted by molar-refractivity contribution is 0.102. The molecule has 0 unspecified atom stereocenters. The molecule has 3 rings (SSSR count). The summed E-state index contributed by atoms with van der Waals surface area (Å²) in [5.74, 6) is -0.296. The topological polar surface area (TPSA) is 66.5 Å². The van der Waals surface area contributed by atoms with Crippen LogP contribution in [0.2, 0.25) is 0 Å². The number of rotatable bonds is 5. The number of hydrogen-bond donors (Lipinski definition) is 1. The summed E-state index contributed by atoms with van der Waals surface area (Å²) in [6.45, 7) is 3.79. The Kier molecular flexibility index (Phi) is 5.51. The average Bonchev–Trinajstić information content (AvgIpc) is 2.70. The van der Waals surface area contributed by atoms with Crippen LogP contribution in [-0.4, -0.2) is 21.4 Å². The summed E-state index contributed by atoms with van der Waals surface area (Å²) < 4.78 is 27.0. The average molecular weight is 394 g/mol. The number of sulfonamides is 1. The Morgan fingerprint density at radius 1 is 0.893 bits per heavy atom. The lowest BCUT2D eigenvalue weighted by Crippen LogP contribution is -2.27. The number of carbonyl (C=O) groups is 1. The van der Waals surface area contributed by atoms with Crippen molar-refractivity contribution in [3.8, 4) is 0 Å². The fourth-order valence-electron chi connectivity index (χ4n) is 2.81. The lowest BCUT2D eigenvalue weighted by atomic mass is 10.1. The third-order valence-electron chi connectivity index (χ3n) is 4.52. The van der Waals surface area contributed by atoms with E-state index in [1.54, 1.807) is 48.5 Å². The van der Waals surface area contributed by atoms with E-state index in [2.05, 4.69) is 5.32 Å². The molecule has 5 nitrogen and oxygen atoms in total. The number of benzene rings is 3. The first-order chi connectivity index (χ1) is 13.3. The Hall–Kier alpha value is -3.12. The number of nitrogens with zero attached hydrogens (tertiary/aromatic N) is 1. The molecular formula is C22H22N2O3S. The zero-order valence-electron chi connectivity index (χ0n) is 16.0. The molecule has 0 atom stereocenters. The molecule has 3 aromatic carbocycles. The van der Waals surface area contributed by atoms with E-state index in [4.69, 9.17) is 0 Å². The minimum Gasteiger partial charge on any atom is -0.322 e. The van der Waals surface area contributed by atoms with Gasteiger partial charge in [0.15, 0.2) is 0 Å². The summed E-state index contributed by atoms with van der Waals surface area (Å²) in [4.78, 5) is 12.8. The third-order valence-corrected chi connectivity index (χ3v) is 6.31. The van der Waals surface area contributed by atoms with Gasteiger partial charge in [-0.15, -0.1) is 0 Å². The smallest absolute Gasteiger partial charge is 0.264 e. The second-order valence-electron chi connectivity index (χ2n) is 6.61. The SMILES string of the molecule is Cc1ccc(NC(=O)c2ccc(C)c(N(C)S(=O)(=O)c3ccccc3)c2)cc1. The Bertz CT molecular complexity index is 1090. The van der Waals surface area contributed by atoms with Gasteiger partial charge < -0.3 is 5.32 Å². The number of hydrogen-bond acceptors (Lipinski definition) is 3. The van der Waals surface area contributed by atoms with Crippen LogP contribution in [0.4, 0.5) is 11.4 Å². The van der Waals surface area contributed by atoms with Crippen molar-refractivity contribution < 1.29 is 13.2 Å². The maximum Gasteiger partial charge on any atom is 0.264 e. The van der Waals surface area contributed by atoms with Crippen molar-refractivity contribution in [2.45, 2.75) is 18.7 Å². The second kappa shape index (κ2) is 7.86. The van der Waals surface area contributed by atoms with Crippen LogP contribution < -0.4 is 9.62 Å². The van der Waals surface area contributed by atoms with Gasteiger partial charge in [0.2, 0.25) is 0 Å². The van der Waals surface area contributed by atoms with Gasteiger partial charge in [-0.3, -0.25) is 9.10 Å². The van der Waals surface area contributed by atoms with E-state index < -0.39 is 10.0 Å². The predicted octanol–water partition coefficient (Wildman–Crippen LogP) is 4.38. The molecule has 0 heterocycles. The normalized spacial score (nSPS) is 11.1. The standard InChI is InChI=1S/C22H22N2O3S/c1-16-9-13-19(14-10-16)23-22(25)18-12-11-17(2)21(15-18)24(3)28(26,27)20-7-5-4-6-8-20/h4-15H,1-3H3,(H,23,25). The molecule has 0 bridgehead atoms. The number of aryl methyl sites for hydroxylation is 2. The van der Waals surface area contributed by atoms with Crippen LogP contribution >= 0.6 is 0 Å². The van der Waals surface area contributed by atoms with Crippen molar-refractivity contribution in [1.82, 2.24) is 0 Å². The molecule has 0 aliphatic carbocycles. The molecule has 3 aromatic rings. The molecule has 0 aromatic heterocycles. The van der Waals surface area contributed by atoms with Crippen molar-refractivity contribution >= 4 is 27.3 Å². The number of carbonyl (C=O) groups excluding carboxylic acids is 1. The third kappa shape index (κ3) is 4.07. The van der Waals surface area contributed by atoms with Crippen LogP contribution in [0.5, 0.6) is 0 Å². The zero-order valence-corrected chi connectivity index (χ0v) is 16.8. The predicted molar refractivity (Wildman–Crippen MR) is 112 cm³/mol. The molecular weight excluding hydrogens is 372 g/mol. The van der Waals surface area contributed by atoms with Gasteiger partial charge in [0.05, 0.1) is 10.6 Å². The number of anilines is 2. The van der Waals surface area contributed by atoms with Crippen LogP contribution in [-0.2, 0) is 10.0 Å². The minimum absolute atomic E-state index is 0.200. The molecule has 6 heteroatoms. The molecule has 0 fully saturated rings. The van der Waals surface area contributed by atoms with Crippen molar-refractivity contribution in [2.24, 2.45) is 0 Å². The van der Waals surface area contributed by atoms with Gasteiger partial charge in [0.25, 0.3) is 15.9 Å². The summed E-state index contributed by atoms with van der Waals surface area (Å²) in [6.07, 6.45) is 0. The molecule has 144 valence electrons. The summed E-state index contributed by atoms with van der Waals surface area (Å²) in [5.41, 5.74) is 3.39. The highest BCUT2D eigenvalue weighted by Gasteiger charge is 2.23. The van der Waals surface area contributed by atoms with Gasteiger partial charge >= 0.3 is 0 Å². The molecule has 0 aliphatic rings. The molecule has 0 saturated carbocycles. The van der Waals surface area contributed by atoms with E-state index in [0.717, 1.165) is 11.1 Å². The van der Waals surface area contributed by atoms with Gasteiger partial charge in [-0.2, -0.15) is 0 Å². The highest BCUT2D eigenvalue weighted by molar-refractivity contribution is 7.92. The first-order valence-corrected chi connectivity index (χ1v) is 10.3. The summed E-state index contributed by atoms with van der Waals surface area (Å²) in [5, 5.41) is 2.83. The fourth-order valence-corrected chi connectivity index (χ4v) is 4.08. The Balaban J connectivity index is 1.90. The fraction of sp³-hybridized carbons (Fsp3) is 0.136. The van der Waals surface area contributed by atoms with Crippen LogP contribution in [0.15, 0.2) is 77.7 Å². The number of nitrogens with one attached hydrogen (secondary N) is 1. The van der Waals surface area contributed by atoms with Crippen LogP contribution in [0.1, 0.15) is 21.5 Å². The Morgan fingerprint density at radius 3 is 2.18 bits per heavy atom. The van der Waals surface area contributed by atoms with Crippen LogP contribution in [0.25, 0.3) is 0 Å². The van der Waals surface area contributed by atoms with E-state index in [1.807, 2.05) is 38.1 Å². The molecule has 0 saturated heterocycles. The molecule has 0 spiro atoms. The first-order valence-electron chi connectivity index (χ1n) is 8.82. The van der Waals surface area contributed by atoms with Crippen LogP contribution in [0.3, 0.4) is 0 Å². The van der Waals surface area contributed by atoms with E-state index in [1.165, 1.54) is 11.4 Å². The van der Waals surface area contributed by atoms with E-state index in [0.29, 0.717) is 16.9 Å². The van der Waals surface area contributed by atoms with Crippen molar-refractivity contribution in [1.29, 1.82) is 0 Å². The van der Waals surface area contributed by atoms with Crippen molar-refractivity contribution in [2.75, 3.05) is 16.7 Å². The van der Waals surface area contributed by atoms with E-state index >= 15 is 0 Å². The molecule has 1 amide bonds. The van der Waals surface area contributed by atoms with Gasteiger partial charge in [-0.05, 0) is 55.8 Å². The van der Waals surface area contributed by atoms with Crippen molar-refractivity contribution in [3.05, 3.63) is 89.5 Å². The van der Waals surface area contributed by atoms with Gasteiger partial charge in [-0.25, -0.2) is 8.42 Å². The maximum atomic E-state index is 12.9. The molecule has 0 aliphatic heterocycles. The summed E-state index contributed by atoms with van der Waals surface area (Å²) >= 11 is 0. The highest BCUT2D eigenvalue weighted by atomic mass is 32.2. The second-order valence-corrected chi connectivity index (χ2v) is 8.58. The summed E-state index contributed by atoms with van der Waals surface area (Å²) in [6, 6.07) is 20.7. The quantitative estimate of drug-likeness (QED) is 0.698. The molecule has 28 heavy (non-hydrogen) atoms. The molecule has 1 N–H and O–H groups in total. The highest BCUT2D eigenvalue weighted by Crippen LogP contribution is 2.27. The number of amides is 1. The monoisotopic (exact) mass is 394 g/mol. The molecule has 0 radical (unpaired) electrons. The maximum absolute atomic E-state index is 12.9. The van der Waals surface area contributed by atoms with Gasteiger partial charge in [0.1, 0.15) is 0 Å². The van der Waals surface area contributed by atoms with Gasteiger partial charge in [0, 0.05) is 18.3 Å². The first kappa shape index (κ1) is 19.6. The van der Waals surface area contributed by atoms with E-state index in [9.17, 15) is 13.2 Å². The Labute approximate surface area is 165 Å². The zero-order chi connectivity index (χ0) is 20.3. The summed E-state index contributed by atoms with van der Waals surface area (Å²) in [7, 11) is -2.23. The largest absolute Gasteiger partial charge is 0.322 e. The lowest BCUT2D eigenvalue weighted by Gasteiger charge is -2.22. The minimum atomic E-state index is -3.72. The van der Waals surface area contributed by atoms with Gasteiger partial charge in [-0.1, -0.05) is 42.0 Å². The van der Waals surface area contributed by atoms with Crippen molar-refractivity contribution in [3.63, 3.8) is 0 Å². The van der Waals surface area contributed by atoms with Crippen LogP contribution in [0, 0.1) is 13.8 Å².